The lowest BCUT2D eigenvalue weighted by atomic mass is 10.1. The summed E-state index contributed by atoms with van der Waals surface area (Å²) < 4.78 is 26.3. The Labute approximate surface area is 213 Å². The van der Waals surface area contributed by atoms with Gasteiger partial charge in [0.25, 0.3) is 0 Å². The summed E-state index contributed by atoms with van der Waals surface area (Å²) in [7, 11) is -3.82. The van der Waals surface area contributed by atoms with Crippen molar-refractivity contribution in [1.82, 2.24) is 10.2 Å². The lowest BCUT2D eigenvalue weighted by Gasteiger charge is -2.33. The number of para-hydroxylation sites is 1. The molecule has 190 valence electrons. The number of anilines is 1. The zero-order valence-corrected chi connectivity index (χ0v) is 22.1. The summed E-state index contributed by atoms with van der Waals surface area (Å²) >= 11 is 6.27. The van der Waals surface area contributed by atoms with Crippen LogP contribution in [0.2, 0.25) is 5.02 Å². The Kier molecular flexibility index (Phi) is 9.19. The van der Waals surface area contributed by atoms with E-state index >= 15 is 0 Å². The van der Waals surface area contributed by atoms with Crippen molar-refractivity contribution in [3.05, 3.63) is 64.7 Å². The van der Waals surface area contributed by atoms with E-state index in [0.29, 0.717) is 6.42 Å². The van der Waals surface area contributed by atoms with Crippen LogP contribution in [-0.2, 0) is 26.2 Å². The van der Waals surface area contributed by atoms with Gasteiger partial charge in [-0.05, 0) is 43.9 Å². The highest BCUT2D eigenvalue weighted by molar-refractivity contribution is 7.92. The van der Waals surface area contributed by atoms with Crippen LogP contribution in [0.25, 0.3) is 0 Å². The van der Waals surface area contributed by atoms with Crippen LogP contribution in [0.4, 0.5) is 5.69 Å². The maximum Gasteiger partial charge on any atom is 0.244 e. The highest BCUT2D eigenvalue weighted by Crippen LogP contribution is 2.28. The molecule has 0 spiro atoms. The molecule has 3 rings (SSSR count). The van der Waals surface area contributed by atoms with Gasteiger partial charge in [0.15, 0.2) is 0 Å². The van der Waals surface area contributed by atoms with Gasteiger partial charge >= 0.3 is 0 Å². The lowest BCUT2D eigenvalue weighted by Crippen LogP contribution is -2.53. The van der Waals surface area contributed by atoms with Gasteiger partial charge in [0.2, 0.25) is 21.8 Å². The van der Waals surface area contributed by atoms with E-state index in [2.05, 4.69) is 5.32 Å². The van der Waals surface area contributed by atoms with Crippen LogP contribution in [0.15, 0.2) is 48.5 Å². The molecule has 2 aromatic rings. The molecule has 1 N–H and O–H groups in total. The van der Waals surface area contributed by atoms with E-state index in [9.17, 15) is 18.0 Å². The number of amides is 2. The molecule has 0 aliphatic heterocycles. The monoisotopic (exact) mass is 519 g/mol. The predicted octanol–water partition coefficient (Wildman–Crippen LogP) is 4.28. The predicted molar refractivity (Wildman–Crippen MR) is 140 cm³/mol. The summed E-state index contributed by atoms with van der Waals surface area (Å²) in [5.41, 5.74) is 2.17. The van der Waals surface area contributed by atoms with Gasteiger partial charge in [0, 0.05) is 12.6 Å². The average molecular weight is 520 g/mol. The van der Waals surface area contributed by atoms with Crippen LogP contribution in [-0.4, -0.2) is 50.0 Å². The summed E-state index contributed by atoms with van der Waals surface area (Å²) in [6.07, 6.45) is 5.47. The number of hydrogen-bond acceptors (Lipinski definition) is 4. The highest BCUT2D eigenvalue weighted by atomic mass is 35.5. The molecular weight excluding hydrogens is 486 g/mol. The van der Waals surface area contributed by atoms with Crippen LogP contribution in [0.3, 0.4) is 0 Å². The van der Waals surface area contributed by atoms with Gasteiger partial charge < -0.3 is 10.2 Å². The van der Waals surface area contributed by atoms with Crippen LogP contribution >= 0.6 is 11.6 Å². The number of sulfonamides is 1. The molecule has 1 aliphatic rings. The first kappa shape index (κ1) is 27.0. The number of hydrogen-bond donors (Lipinski definition) is 1. The quantitative estimate of drug-likeness (QED) is 0.507. The second kappa shape index (κ2) is 11.9. The smallest absolute Gasteiger partial charge is 0.244 e. The average Bonchev–Trinajstić information content (AvgIpc) is 3.31. The van der Waals surface area contributed by atoms with Crippen molar-refractivity contribution in [1.29, 1.82) is 0 Å². The number of carbonyl (C=O) groups excluding carboxylic acids is 2. The van der Waals surface area contributed by atoms with Crippen LogP contribution in [0.1, 0.15) is 50.2 Å². The van der Waals surface area contributed by atoms with Crippen molar-refractivity contribution >= 4 is 39.1 Å². The summed E-state index contributed by atoms with van der Waals surface area (Å²) in [6, 6.07) is 13.6. The van der Waals surface area contributed by atoms with Crippen molar-refractivity contribution in [3.63, 3.8) is 0 Å². The van der Waals surface area contributed by atoms with Gasteiger partial charge in [0.05, 0.1) is 17.0 Å². The van der Waals surface area contributed by atoms with Crippen LogP contribution in [0, 0.1) is 6.92 Å². The third-order valence-corrected chi connectivity index (χ3v) is 7.81. The molecule has 1 atom stereocenters. The van der Waals surface area contributed by atoms with E-state index in [0.717, 1.165) is 47.4 Å². The maximum absolute atomic E-state index is 13.7. The number of halogens is 1. The molecule has 9 heteroatoms. The fraction of sp³-hybridized carbons (Fsp3) is 0.462. The fourth-order valence-electron chi connectivity index (χ4n) is 4.43. The van der Waals surface area contributed by atoms with E-state index in [1.54, 1.807) is 24.3 Å². The van der Waals surface area contributed by atoms with Gasteiger partial charge in [-0.3, -0.25) is 13.9 Å². The molecule has 1 aliphatic carbocycles. The number of benzene rings is 2. The molecule has 1 saturated carbocycles. The normalized spacial score (nSPS) is 15.0. The SMILES string of the molecule is CC[C@H](C(=O)NC1CCCC1)N(Cc1ccc(C)cc1)C(=O)CN(c1ccccc1Cl)S(C)(=O)=O. The summed E-state index contributed by atoms with van der Waals surface area (Å²) in [6.45, 7) is 3.57. The van der Waals surface area contributed by atoms with Crippen LogP contribution < -0.4 is 9.62 Å². The van der Waals surface area contributed by atoms with Crippen molar-refractivity contribution in [2.45, 2.75) is 64.6 Å². The molecule has 2 amide bonds. The largest absolute Gasteiger partial charge is 0.352 e. The van der Waals surface area contributed by atoms with Gasteiger partial charge in [-0.2, -0.15) is 0 Å². The van der Waals surface area contributed by atoms with Crippen molar-refractivity contribution < 1.29 is 18.0 Å². The molecular formula is C26H34ClN3O4S. The molecule has 0 bridgehead atoms. The van der Waals surface area contributed by atoms with Crippen molar-refractivity contribution in [3.8, 4) is 0 Å². The molecule has 2 aromatic carbocycles. The minimum atomic E-state index is -3.82. The van der Waals surface area contributed by atoms with Gasteiger partial charge in [0.1, 0.15) is 12.6 Å². The molecule has 7 nitrogen and oxygen atoms in total. The molecule has 35 heavy (non-hydrogen) atoms. The van der Waals surface area contributed by atoms with Gasteiger partial charge in [-0.1, -0.05) is 73.3 Å². The third-order valence-electron chi connectivity index (χ3n) is 6.36. The van der Waals surface area contributed by atoms with Crippen LogP contribution in [0.5, 0.6) is 0 Å². The third kappa shape index (κ3) is 7.21. The van der Waals surface area contributed by atoms with E-state index in [1.165, 1.54) is 4.90 Å². The lowest BCUT2D eigenvalue weighted by molar-refractivity contribution is -0.140. The Balaban J connectivity index is 1.92. The van der Waals surface area contributed by atoms with E-state index in [-0.39, 0.29) is 29.2 Å². The van der Waals surface area contributed by atoms with Gasteiger partial charge in [-0.15, -0.1) is 0 Å². The Morgan fingerprint density at radius 2 is 1.71 bits per heavy atom. The number of carbonyl (C=O) groups is 2. The minimum absolute atomic E-state index is 0.114. The summed E-state index contributed by atoms with van der Waals surface area (Å²) in [5, 5.41) is 3.32. The molecule has 1 fully saturated rings. The molecule has 0 radical (unpaired) electrons. The first-order valence-corrected chi connectivity index (χ1v) is 14.2. The zero-order chi connectivity index (χ0) is 25.6. The number of nitrogens with zero attached hydrogens (tertiary/aromatic N) is 2. The van der Waals surface area contributed by atoms with Gasteiger partial charge in [-0.25, -0.2) is 8.42 Å². The molecule has 0 saturated heterocycles. The molecule has 0 aromatic heterocycles. The Hall–Kier alpha value is -2.58. The number of aryl methyl sites for hydroxylation is 1. The Bertz CT molecular complexity index is 1130. The fourth-order valence-corrected chi connectivity index (χ4v) is 5.58. The van der Waals surface area contributed by atoms with E-state index in [4.69, 9.17) is 11.6 Å². The topological polar surface area (TPSA) is 86.8 Å². The van der Waals surface area contributed by atoms with Crippen molar-refractivity contribution in [2.24, 2.45) is 0 Å². The molecule has 0 heterocycles. The first-order chi connectivity index (χ1) is 16.6. The number of nitrogens with one attached hydrogen (secondary N) is 1. The minimum Gasteiger partial charge on any atom is -0.352 e. The van der Waals surface area contributed by atoms with Crippen molar-refractivity contribution in [2.75, 3.05) is 17.1 Å². The van der Waals surface area contributed by atoms with E-state index < -0.39 is 28.5 Å². The zero-order valence-electron chi connectivity index (χ0n) is 20.5. The maximum atomic E-state index is 13.7. The summed E-state index contributed by atoms with van der Waals surface area (Å²) in [4.78, 5) is 28.5. The standard InChI is InChI=1S/C26H34ClN3O4S/c1-4-23(26(32)28-21-9-5-6-10-21)29(17-20-15-13-19(2)14-16-20)25(31)18-30(35(3,33)34)24-12-8-7-11-22(24)27/h7-8,11-16,21,23H,4-6,9-10,17-18H2,1-3H3,(H,28,32)/t23-/m1/s1. The Morgan fingerprint density at radius 3 is 2.29 bits per heavy atom. The second-order valence-electron chi connectivity index (χ2n) is 9.14. The highest BCUT2D eigenvalue weighted by Gasteiger charge is 2.33. The second-order valence-corrected chi connectivity index (χ2v) is 11.5. The summed E-state index contributed by atoms with van der Waals surface area (Å²) in [5.74, 6) is -0.673. The first-order valence-electron chi connectivity index (χ1n) is 12.0. The Morgan fingerprint density at radius 1 is 1.09 bits per heavy atom. The number of rotatable bonds is 10. The molecule has 0 unspecified atom stereocenters. The van der Waals surface area contributed by atoms with E-state index in [1.807, 2.05) is 38.1 Å².